The molecule has 0 aromatic rings. The molecule has 0 heterocycles. The lowest BCUT2D eigenvalue weighted by Gasteiger charge is -2.31. The van der Waals surface area contributed by atoms with Crippen molar-refractivity contribution >= 4 is 8.32 Å². The first-order chi connectivity index (χ1) is 6.37. The minimum Gasteiger partial charge on any atom is -0.397 e. The minimum atomic E-state index is -1.67. The summed E-state index contributed by atoms with van der Waals surface area (Å²) in [5.74, 6) is 0. The molecular weight excluding hydrogens is 190 g/mol. The van der Waals surface area contributed by atoms with Crippen LogP contribution in [0.3, 0.4) is 0 Å². The van der Waals surface area contributed by atoms with Crippen molar-refractivity contribution in [3.63, 3.8) is 0 Å². The van der Waals surface area contributed by atoms with Crippen molar-refractivity contribution in [1.82, 2.24) is 0 Å². The van der Waals surface area contributed by atoms with E-state index in [4.69, 9.17) is 4.43 Å². The van der Waals surface area contributed by atoms with E-state index in [0.29, 0.717) is 0 Å². The van der Waals surface area contributed by atoms with E-state index < -0.39 is 13.9 Å². The summed E-state index contributed by atoms with van der Waals surface area (Å²) in [6.45, 7) is 8.17. The SMILES string of the molecule is CC(C#N)(O[Si](C)(C)C)C1=CC=CC1. The smallest absolute Gasteiger partial charge is 0.186 e. The van der Waals surface area contributed by atoms with E-state index in [9.17, 15) is 5.26 Å². The molecule has 0 aliphatic heterocycles. The van der Waals surface area contributed by atoms with E-state index in [1.165, 1.54) is 0 Å². The first kappa shape index (κ1) is 11.2. The zero-order valence-electron chi connectivity index (χ0n) is 9.29. The lowest BCUT2D eigenvalue weighted by Crippen LogP contribution is -2.40. The van der Waals surface area contributed by atoms with Gasteiger partial charge in [-0.1, -0.05) is 18.2 Å². The number of rotatable bonds is 3. The van der Waals surface area contributed by atoms with Crippen molar-refractivity contribution in [1.29, 1.82) is 5.26 Å². The molecule has 0 radical (unpaired) electrons. The van der Waals surface area contributed by atoms with Gasteiger partial charge >= 0.3 is 0 Å². The molecule has 76 valence electrons. The Morgan fingerprint density at radius 3 is 2.50 bits per heavy atom. The van der Waals surface area contributed by atoms with Gasteiger partial charge in [-0.05, 0) is 38.6 Å². The topological polar surface area (TPSA) is 33.0 Å². The summed E-state index contributed by atoms with van der Waals surface area (Å²) >= 11 is 0. The molecule has 1 atom stereocenters. The number of allylic oxidation sites excluding steroid dienone is 3. The van der Waals surface area contributed by atoms with Crippen molar-refractivity contribution in [2.75, 3.05) is 0 Å². The molecule has 14 heavy (non-hydrogen) atoms. The zero-order chi connectivity index (χ0) is 10.8. The highest BCUT2D eigenvalue weighted by molar-refractivity contribution is 6.69. The lowest BCUT2D eigenvalue weighted by atomic mass is 9.97. The Bertz CT molecular complexity index is 319. The van der Waals surface area contributed by atoms with Crippen LogP contribution in [0.1, 0.15) is 13.3 Å². The van der Waals surface area contributed by atoms with E-state index in [0.717, 1.165) is 12.0 Å². The second-order valence-electron chi connectivity index (χ2n) is 4.68. The molecule has 0 saturated carbocycles. The van der Waals surface area contributed by atoms with Crippen molar-refractivity contribution in [2.24, 2.45) is 0 Å². The van der Waals surface area contributed by atoms with Crippen LogP contribution < -0.4 is 0 Å². The molecule has 0 amide bonds. The summed E-state index contributed by atoms with van der Waals surface area (Å²) in [4.78, 5) is 0. The van der Waals surface area contributed by atoms with Gasteiger partial charge in [0, 0.05) is 0 Å². The maximum atomic E-state index is 9.19. The van der Waals surface area contributed by atoms with Gasteiger partial charge in [-0.15, -0.1) is 0 Å². The molecule has 0 saturated heterocycles. The average Bonchev–Trinajstić information content (AvgIpc) is 2.53. The highest BCUT2D eigenvalue weighted by Gasteiger charge is 2.35. The molecule has 1 aliphatic carbocycles. The van der Waals surface area contributed by atoms with E-state index in [2.05, 4.69) is 31.8 Å². The van der Waals surface area contributed by atoms with Gasteiger partial charge in [0.1, 0.15) is 6.07 Å². The molecule has 1 unspecified atom stereocenters. The van der Waals surface area contributed by atoms with Crippen LogP contribution in [-0.2, 0) is 4.43 Å². The molecule has 0 spiro atoms. The third-order valence-electron chi connectivity index (χ3n) is 2.11. The fourth-order valence-corrected chi connectivity index (χ4v) is 2.98. The molecular formula is C11H17NOSi. The van der Waals surface area contributed by atoms with Crippen LogP contribution in [-0.4, -0.2) is 13.9 Å². The third kappa shape index (κ3) is 2.57. The van der Waals surface area contributed by atoms with Crippen LogP contribution >= 0.6 is 0 Å². The first-order valence-electron chi connectivity index (χ1n) is 4.85. The quantitative estimate of drug-likeness (QED) is 0.666. The van der Waals surface area contributed by atoms with Crippen molar-refractivity contribution in [2.45, 2.75) is 38.6 Å². The largest absolute Gasteiger partial charge is 0.397 e. The molecule has 0 fully saturated rings. The van der Waals surface area contributed by atoms with Gasteiger partial charge in [0.05, 0.1) is 0 Å². The Kier molecular flexibility index (Phi) is 2.98. The van der Waals surface area contributed by atoms with Gasteiger partial charge < -0.3 is 4.43 Å². The van der Waals surface area contributed by atoms with E-state index in [1.54, 1.807) is 0 Å². The summed E-state index contributed by atoms with van der Waals surface area (Å²) in [5, 5.41) is 9.19. The molecule has 1 rings (SSSR count). The van der Waals surface area contributed by atoms with Crippen molar-refractivity contribution in [3.05, 3.63) is 23.8 Å². The Morgan fingerprint density at radius 2 is 2.14 bits per heavy atom. The van der Waals surface area contributed by atoms with Gasteiger partial charge in [-0.3, -0.25) is 0 Å². The number of hydrogen-bond donors (Lipinski definition) is 0. The number of nitrogens with zero attached hydrogens (tertiary/aromatic N) is 1. The maximum Gasteiger partial charge on any atom is 0.186 e. The highest BCUT2D eigenvalue weighted by Crippen LogP contribution is 2.30. The van der Waals surface area contributed by atoms with Gasteiger partial charge in [-0.2, -0.15) is 5.26 Å². The van der Waals surface area contributed by atoms with E-state index >= 15 is 0 Å². The third-order valence-corrected chi connectivity index (χ3v) is 3.13. The molecule has 2 nitrogen and oxygen atoms in total. The Morgan fingerprint density at radius 1 is 1.50 bits per heavy atom. The van der Waals surface area contributed by atoms with Crippen molar-refractivity contribution in [3.8, 4) is 6.07 Å². The normalized spacial score (nSPS) is 20.1. The van der Waals surface area contributed by atoms with Crippen molar-refractivity contribution < 1.29 is 4.43 Å². The Balaban J connectivity index is 2.83. The second kappa shape index (κ2) is 3.72. The standard InChI is InChI=1S/C11H17NOSi/c1-11(9-12,13-14(2,3)4)10-7-5-6-8-10/h5-7H,8H2,1-4H3. The number of nitriles is 1. The predicted molar refractivity (Wildman–Crippen MR) is 60.3 cm³/mol. The minimum absolute atomic E-state index is 0.728. The van der Waals surface area contributed by atoms with Gasteiger partial charge in [0.15, 0.2) is 13.9 Å². The molecule has 3 heteroatoms. The summed E-state index contributed by atoms with van der Waals surface area (Å²) in [6, 6.07) is 2.28. The van der Waals surface area contributed by atoms with Gasteiger partial charge in [0.25, 0.3) is 0 Å². The lowest BCUT2D eigenvalue weighted by molar-refractivity contribution is 0.177. The monoisotopic (exact) mass is 207 g/mol. The van der Waals surface area contributed by atoms with E-state index in [1.807, 2.05) is 19.1 Å². The van der Waals surface area contributed by atoms with Crippen LogP contribution in [0, 0.1) is 11.3 Å². The first-order valence-corrected chi connectivity index (χ1v) is 8.26. The summed E-state index contributed by atoms with van der Waals surface area (Å²) < 4.78 is 5.93. The summed E-state index contributed by atoms with van der Waals surface area (Å²) in [5.41, 5.74) is 0.343. The van der Waals surface area contributed by atoms with Gasteiger partial charge in [0.2, 0.25) is 0 Å². The fraction of sp³-hybridized carbons (Fsp3) is 0.545. The fourth-order valence-electron chi connectivity index (χ4n) is 1.57. The van der Waals surface area contributed by atoms with Crippen LogP contribution in [0.25, 0.3) is 0 Å². The maximum absolute atomic E-state index is 9.19. The van der Waals surface area contributed by atoms with Crippen LogP contribution in [0.15, 0.2) is 23.8 Å². The predicted octanol–water partition coefficient (Wildman–Crippen LogP) is 3.01. The molecule has 0 bridgehead atoms. The Labute approximate surface area is 87.0 Å². The van der Waals surface area contributed by atoms with Crippen LogP contribution in [0.5, 0.6) is 0 Å². The average molecular weight is 207 g/mol. The molecule has 1 aliphatic rings. The number of hydrogen-bond acceptors (Lipinski definition) is 2. The Hall–Kier alpha value is -0.853. The second-order valence-corrected chi connectivity index (χ2v) is 9.11. The van der Waals surface area contributed by atoms with E-state index in [-0.39, 0.29) is 0 Å². The van der Waals surface area contributed by atoms with Gasteiger partial charge in [-0.25, -0.2) is 0 Å². The molecule has 0 N–H and O–H groups in total. The van der Waals surface area contributed by atoms with Crippen LogP contribution in [0.2, 0.25) is 19.6 Å². The zero-order valence-corrected chi connectivity index (χ0v) is 10.3. The molecule has 0 aromatic carbocycles. The summed E-state index contributed by atoms with van der Waals surface area (Å²) in [6.07, 6.45) is 6.87. The highest BCUT2D eigenvalue weighted by atomic mass is 28.4. The molecule has 0 aromatic heterocycles. The summed E-state index contributed by atoms with van der Waals surface area (Å²) in [7, 11) is -1.67. The van der Waals surface area contributed by atoms with Crippen LogP contribution in [0.4, 0.5) is 0 Å².